The fourth-order valence-electron chi connectivity index (χ4n) is 1.13. The van der Waals surface area contributed by atoms with E-state index >= 15 is 0 Å². The molecule has 7 nitrogen and oxygen atoms in total. The fourth-order valence-corrected chi connectivity index (χ4v) is 1.52. The summed E-state index contributed by atoms with van der Waals surface area (Å²) in [5.74, 6) is -0.524. The topological polar surface area (TPSA) is 111 Å². The Bertz CT molecular complexity index is 501. The van der Waals surface area contributed by atoms with Crippen LogP contribution in [-0.2, 0) is 14.8 Å². The second kappa shape index (κ2) is 5.60. The van der Waals surface area contributed by atoms with Gasteiger partial charge in [0.15, 0.2) is 0 Å². The van der Waals surface area contributed by atoms with Crippen LogP contribution in [0.5, 0.6) is 0 Å². The lowest BCUT2D eigenvalue weighted by Crippen LogP contribution is -2.23. The molecule has 0 aromatic carbocycles. The zero-order valence-corrected chi connectivity index (χ0v) is 10.0. The summed E-state index contributed by atoms with van der Waals surface area (Å²) in [6, 6.07) is 3.11. The van der Waals surface area contributed by atoms with Crippen molar-refractivity contribution >= 4 is 21.8 Å². The number of ether oxygens (including phenoxy) is 1. The summed E-state index contributed by atoms with van der Waals surface area (Å²) in [7, 11) is -2.29. The van der Waals surface area contributed by atoms with E-state index in [9.17, 15) is 13.2 Å². The number of carbonyl (C=O) groups is 1. The maximum absolute atomic E-state index is 11.3. The van der Waals surface area contributed by atoms with E-state index in [1.54, 1.807) is 6.07 Å². The van der Waals surface area contributed by atoms with Crippen LogP contribution in [0.3, 0.4) is 0 Å². The van der Waals surface area contributed by atoms with Gasteiger partial charge in [-0.1, -0.05) is 0 Å². The summed E-state index contributed by atoms with van der Waals surface area (Å²) < 4.78 is 26.0. The first-order chi connectivity index (χ1) is 7.94. The highest BCUT2D eigenvalue weighted by atomic mass is 32.2. The first kappa shape index (κ1) is 13.4. The molecule has 1 aromatic heterocycles. The third kappa shape index (κ3) is 4.37. The first-order valence-electron chi connectivity index (χ1n) is 4.71. The highest BCUT2D eigenvalue weighted by molar-refractivity contribution is 7.89. The third-order valence-electron chi connectivity index (χ3n) is 1.89. The Balaban J connectivity index is 2.74. The summed E-state index contributed by atoms with van der Waals surface area (Å²) in [6.07, 6.45) is 1.48. The molecule has 1 heterocycles. The molecule has 0 aliphatic carbocycles. The molecule has 17 heavy (non-hydrogen) atoms. The number of nitrogens with zero attached hydrogens (tertiary/aromatic N) is 1. The van der Waals surface area contributed by atoms with Crippen LogP contribution in [0.25, 0.3) is 0 Å². The zero-order valence-electron chi connectivity index (χ0n) is 9.21. The molecule has 0 saturated heterocycles. The minimum atomic E-state index is -3.54. The molecule has 0 unspecified atom stereocenters. The predicted octanol–water partition coefficient (Wildman–Crippen LogP) is -0.431. The average molecular weight is 259 g/mol. The van der Waals surface area contributed by atoms with Crippen LogP contribution in [0.15, 0.2) is 18.3 Å². The number of sulfonamides is 1. The number of hydrogen-bond donors (Lipinski definition) is 2. The van der Waals surface area contributed by atoms with Gasteiger partial charge in [-0.25, -0.2) is 23.3 Å². The molecule has 0 spiro atoms. The van der Waals surface area contributed by atoms with Gasteiger partial charge in [0.25, 0.3) is 0 Å². The molecule has 0 fully saturated rings. The van der Waals surface area contributed by atoms with Crippen LogP contribution < -0.4 is 10.5 Å². The first-order valence-corrected chi connectivity index (χ1v) is 6.43. The van der Waals surface area contributed by atoms with Gasteiger partial charge < -0.3 is 10.1 Å². The van der Waals surface area contributed by atoms with E-state index in [1.807, 2.05) is 0 Å². The molecule has 0 aliphatic rings. The van der Waals surface area contributed by atoms with Gasteiger partial charge in [0, 0.05) is 12.7 Å². The Morgan fingerprint density at radius 2 is 2.29 bits per heavy atom. The molecule has 1 aromatic rings. The van der Waals surface area contributed by atoms with Gasteiger partial charge >= 0.3 is 5.97 Å². The number of primary sulfonamides is 1. The molecule has 0 bridgehead atoms. The molecule has 0 aliphatic heterocycles. The number of pyridine rings is 1. The van der Waals surface area contributed by atoms with E-state index in [-0.39, 0.29) is 23.7 Å². The van der Waals surface area contributed by atoms with Gasteiger partial charge in [0.1, 0.15) is 11.4 Å². The minimum absolute atomic E-state index is 0.0693. The molecule has 3 N–H and O–H groups in total. The Labute approximate surface area is 99.0 Å². The Hall–Kier alpha value is -1.67. The van der Waals surface area contributed by atoms with Crippen LogP contribution >= 0.6 is 0 Å². The molecule has 0 radical (unpaired) electrons. The minimum Gasteiger partial charge on any atom is -0.465 e. The van der Waals surface area contributed by atoms with Gasteiger partial charge in [-0.2, -0.15) is 0 Å². The van der Waals surface area contributed by atoms with E-state index < -0.39 is 16.0 Å². The molecule has 0 saturated carbocycles. The van der Waals surface area contributed by atoms with Crippen molar-refractivity contribution in [1.29, 1.82) is 0 Å². The molecule has 94 valence electrons. The van der Waals surface area contributed by atoms with Crippen LogP contribution in [0.4, 0.5) is 5.82 Å². The summed E-state index contributed by atoms with van der Waals surface area (Å²) in [4.78, 5) is 15.3. The number of esters is 1. The second-order valence-electron chi connectivity index (χ2n) is 3.18. The average Bonchev–Trinajstić information content (AvgIpc) is 2.27. The van der Waals surface area contributed by atoms with E-state index in [1.165, 1.54) is 19.4 Å². The number of nitrogens with two attached hydrogens (primary N) is 1. The van der Waals surface area contributed by atoms with Gasteiger partial charge in [0.05, 0.1) is 12.9 Å². The molecule has 1 rings (SSSR count). The summed E-state index contributed by atoms with van der Waals surface area (Å²) >= 11 is 0. The third-order valence-corrected chi connectivity index (χ3v) is 2.67. The highest BCUT2D eigenvalue weighted by Gasteiger charge is 2.12. The van der Waals surface area contributed by atoms with Crippen LogP contribution in [0, 0.1) is 0 Å². The predicted molar refractivity (Wildman–Crippen MR) is 62.0 cm³/mol. The number of methoxy groups -OCH3 is 1. The lowest BCUT2D eigenvalue weighted by atomic mass is 10.2. The van der Waals surface area contributed by atoms with Gasteiger partial charge in [-0.3, -0.25) is 0 Å². The van der Waals surface area contributed by atoms with Crippen molar-refractivity contribution in [3.8, 4) is 0 Å². The van der Waals surface area contributed by atoms with Crippen molar-refractivity contribution < 1.29 is 17.9 Å². The summed E-state index contributed by atoms with van der Waals surface area (Å²) in [6.45, 7) is 0.0693. The van der Waals surface area contributed by atoms with E-state index in [4.69, 9.17) is 5.14 Å². The Morgan fingerprint density at radius 1 is 1.59 bits per heavy atom. The van der Waals surface area contributed by atoms with E-state index in [2.05, 4.69) is 15.0 Å². The van der Waals surface area contributed by atoms with Gasteiger partial charge in [-0.15, -0.1) is 0 Å². The Morgan fingerprint density at radius 3 is 2.88 bits per heavy atom. The van der Waals surface area contributed by atoms with E-state index in [0.717, 1.165) is 0 Å². The maximum Gasteiger partial charge on any atom is 0.341 e. The molecular formula is C9H13N3O4S. The summed E-state index contributed by atoms with van der Waals surface area (Å²) in [5, 5.41) is 7.56. The molecular weight excluding hydrogens is 246 g/mol. The number of rotatable bonds is 5. The van der Waals surface area contributed by atoms with Crippen molar-refractivity contribution in [2.75, 3.05) is 24.7 Å². The normalized spacial score (nSPS) is 10.9. The smallest absolute Gasteiger partial charge is 0.341 e. The SMILES string of the molecule is COC(=O)c1cccnc1NCCS(N)(=O)=O. The lowest BCUT2D eigenvalue weighted by molar-refractivity contribution is 0.0601. The van der Waals surface area contributed by atoms with Crippen molar-refractivity contribution in [2.24, 2.45) is 5.14 Å². The van der Waals surface area contributed by atoms with Crippen molar-refractivity contribution in [3.05, 3.63) is 23.9 Å². The van der Waals surface area contributed by atoms with Gasteiger partial charge in [0.2, 0.25) is 10.0 Å². The lowest BCUT2D eigenvalue weighted by Gasteiger charge is -2.08. The number of hydrogen-bond acceptors (Lipinski definition) is 6. The largest absolute Gasteiger partial charge is 0.465 e. The zero-order chi connectivity index (χ0) is 12.9. The quantitative estimate of drug-likeness (QED) is 0.694. The van der Waals surface area contributed by atoms with Crippen molar-refractivity contribution in [1.82, 2.24) is 4.98 Å². The number of nitrogens with one attached hydrogen (secondary N) is 1. The van der Waals surface area contributed by atoms with Crippen LogP contribution in [0.2, 0.25) is 0 Å². The highest BCUT2D eigenvalue weighted by Crippen LogP contribution is 2.11. The fraction of sp³-hybridized carbons (Fsp3) is 0.333. The van der Waals surface area contributed by atoms with Crippen molar-refractivity contribution in [3.63, 3.8) is 0 Å². The van der Waals surface area contributed by atoms with Crippen LogP contribution in [0.1, 0.15) is 10.4 Å². The molecule has 0 atom stereocenters. The van der Waals surface area contributed by atoms with Gasteiger partial charge in [-0.05, 0) is 12.1 Å². The summed E-state index contributed by atoms with van der Waals surface area (Å²) in [5.41, 5.74) is 0.240. The number of aromatic nitrogens is 1. The number of anilines is 1. The molecule has 0 amide bonds. The second-order valence-corrected chi connectivity index (χ2v) is 4.92. The number of carbonyl (C=O) groups excluding carboxylic acids is 1. The van der Waals surface area contributed by atoms with Crippen LogP contribution in [-0.4, -0.2) is 38.8 Å². The maximum atomic E-state index is 11.3. The van der Waals surface area contributed by atoms with E-state index in [0.29, 0.717) is 0 Å². The monoisotopic (exact) mass is 259 g/mol. The van der Waals surface area contributed by atoms with Crippen molar-refractivity contribution in [2.45, 2.75) is 0 Å². The molecule has 8 heteroatoms. The Kier molecular flexibility index (Phi) is 4.41. The standard InChI is InChI=1S/C9H13N3O4S/c1-16-9(13)7-3-2-4-11-8(7)12-5-6-17(10,14)15/h2-4H,5-6H2,1H3,(H,11,12)(H2,10,14,15).